The number of hydrogen-bond donors (Lipinski definition) is 3. The van der Waals surface area contributed by atoms with Gasteiger partial charge >= 0.3 is 19.4 Å². The number of alkyl halides is 2. The highest BCUT2D eigenvalue weighted by Crippen LogP contribution is 2.48. The quantitative estimate of drug-likeness (QED) is 0.313. The van der Waals surface area contributed by atoms with E-state index in [9.17, 15) is 19.3 Å². The van der Waals surface area contributed by atoms with E-state index in [2.05, 4.69) is 15.4 Å². The lowest BCUT2D eigenvalue weighted by Gasteiger charge is -2.27. The lowest BCUT2D eigenvalue weighted by Crippen LogP contribution is -2.42. The van der Waals surface area contributed by atoms with Crippen molar-refractivity contribution in [3.8, 4) is 5.75 Å². The van der Waals surface area contributed by atoms with Crippen LogP contribution in [0.5, 0.6) is 5.75 Å². The summed E-state index contributed by atoms with van der Waals surface area (Å²) in [5.74, 6) is -4.30. The fraction of sp³-hybridized carbons (Fsp3) is 0.542. The summed E-state index contributed by atoms with van der Waals surface area (Å²) >= 11 is 0. The van der Waals surface area contributed by atoms with Crippen LogP contribution in [0.15, 0.2) is 47.4 Å². The van der Waals surface area contributed by atoms with Crippen molar-refractivity contribution in [2.24, 2.45) is 0 Å². The first-order valence-electron chi connectivity index (χ1n) is 12.6. The Morgan fingerprint density at radius 1 is 1.27 bits per heavy atom. The Hall–Kier alpha value is -2.78. The van der Waals surface area contributed by atoms with Crippen molar-refractivity contribution >= 4 is 19.5 Å². The van der Waals surface area contributed by atoms with Crippen LogP contribution in [0.3, 0.4) is 0 Å². The lowest BCUT2D eigenvalue weighted by molar-refractivity contribution is -0.140. The molecule has 5 atom stereocenters. The predicted octanol–water partition coefficient (Wildman–Crippen LogP) is 2.43. The van der Waals surface area contributed by atoms with Crippen LogP contribution in [-0.4, -0.2) is 70.8 Å². The van der Waals surface area contributed by atoms with E-state index < -0.39 is 62.6 Å². The molecule has 2 aliphatic heterocycles. The number of nitrogens with one attached hydrogen (secondary N) is 2. The molecule has 0 unspecified atom stereocenters. The summed E-state index contributed by atoms with van der Waals surface area (Å²) in [4.78, 5) is 27.9. The van der Waals surface area contributed by atoms with Gasteiger partial charge in [-0.25, -0.2) is 14.4 Å². The maximum absolute atomic E-state index is 15.1. The Morgan fingerprint density at radius 3 is 2.62 bits per heavy atom. The first-order valence-corrected chi connectivity index (χ1v) is 14.2. The van der Waals surface area contributed by atoms with Crippen LogP contribution in [0.4, 0.5) is 14.6 Å². The second-order valence-corrected chi connectivity index (χ2v) is 10.9. The van der Waals surface area contributed by atoms with Gasteiger partial charge in [0.25, 0.3) is 0 Å². The van der Waals surface area contributed by atoms with Crippen molar-refractivity contribution in [3.63, 3.8) is 0 Å². The molecular formula is C24H31F2N4O9P. The summed E-state index contributed by atoms with van der Waals surface area (Å²) in [5.41, 5.74) is -1.14. The number of carbonyl (C=O) groups excluding carboxylic acids is 1. The molecule has 2 fully saturated rings. The highest BCUT2D eigenvalue weighted by Gasteiger charge is 2.60. The Balaban J connectivity index is 1.48. The van der Waals surface area contributed by atoms with E-state index >= 15 is 8.78 Å². The Morgan fingerprint density at radius 2 is 1.98 bits per heavy atom. The number of rotatable bonds is 12. The highest BCUT2D eigenvalue weighted by atomic mass is 31.2. The molecule has 0 radical (unpaired) electrons. The van der Waals surface area contributed by atoms with Gasteiger partial charge in [-0.2, -0.15) is 13.8 Å². The molecule has 0 aliphatic carbocycles. The second kappa shape index (κ2) is 12.8. The number of aliphatic hydroxyl groups is 1. The van der Waals surface area contributed by atoms with Gasteiger partial charge in [-0.3, -0.25) is 13.9 Å². The molecule has 1 aromatic carbocycles. The summed E-state index contributed by atoms with van der Waals surface area (Å²) in [5, 5.41) is 15.4. The third-order valence-electron chi connectivity index (χ3n) is 6.00. The molecule has 2 aromatic rings. The van der Waals surface area contributed by atoms with Crippen LogP contribution < -0.4 is 20.6 Å². The minimum absolute atomic E-state index is 0.115. The third-order valence-corrected chi connectivity index (χ3v) is 7.67. The molecule has 2 aliphatic rings. The summed E-state index contributed by atoms with van der Waals surface area (Å²) in [6.45, 7) is 3.27. The Kier molecular flexibility index (Phi) is 9.67. The number of benzene rings is 1. The van der Waals surface area contributed by atoms with Crippen molar-refractivity contribution < 1.29 is 46.5 Å². The van der Waals surface area contributed by atoms with Gasteiger partial charge < -0.3 is 29.2 Å². The van der Waals surface area contributed by atoms with E-state index in [1.807, 2.05) is 0 Å². The SMILES string of the molecule is CCCC(=O)Nc1ccn([C@@H]2O[C@H](CO[P@@](=O)(N[C@@H](C)C3OCCO3)Oc3ccccc3)[C@@H](O)C2(F)F)c(=O)n1. The number of halogens is 2. The van der Waals surface area contributed by atoms with Gasteiger partial charge in [-0.05, 0) is 31.5 Å². The summed E-state index contributed by atoms with van der Waals surface area (Å²) in [7, 11) is -4.27. The first-order chi connectivity index (χ1) is 19.0. The van der Waals surface area contributed by atoms with Gasteiger partial charge in [-0.1, -0.05) is 25.1 Å². The smallest absolute Gasteiger partial charge is 0.413 e. The second-order valence-electron chi connectivity index (χ2n) is 9.17. The van der Waals surface area contributed by atoms with E-state index in [4.69, 9.17) is 23.3 Å². The molecule has 4 rings (SSSR count). The van der Waals surface area contributed by atoms with Gasteiger partial charge in [0.15, 0.2) is 12.4 Å². The van der Waals surface area contributed by atoms with Crippen molar-refractivity contribution in [1.82, 2.24) is 14.6 Å². The number of carbonyl (C=O) groups is 1. The summed E-state index contributed by atoms with van der Waals surface area (Å²) in [6.07, 6.45) is -5.43. The van der Waals surface area contributed by atoms with E-state index in [1.54, 1.807) is 32.0 Å². The van der Waals surface area contributed by atoms with Crippen LogP contribution >= 0.6 is 7.75 Å². The number of ether oxygens (including phenoxy) is 3. The summed E-state index contributed by atoms with van der Waals surface area (Å²) < 4.78 is 71.5. The number of anilines is 1. The van der Waals surface area contributed by atoms with Gasteiger partial charge in [0.2, 0.25) is 12.1 Å². The molecule has 220 valence electrons. The number of nitrogens with zero attached hydrogens (tertiary/aromatic N) is 2. The fourth-order valence-electron chi connectivity index (χ4n) is 4.06. The number of hydrogen-bond acceptors (Lipinski definition) is 10. The zero-order chi connectivity index (χ0) is 28.9. The van der Waals surface area contributed by atoms with Crippen LogP contribution in [0.25, 0.3) is 0 Å². The van der Waals surface area contributed by atoms with Gasteiger partial charge in [0.05, 0.1) is 25.9 Å². The van der Waals surface area contributed by atoms with Crippen LogP contribution in [0, 0.1) is 0 Å². The Bertz CT molecular complexity index is 1260. The predicted molar refractivity (Wildman–Crippen MR) is 136 cm³/mol. The van der Waals surface area contributed by atoms with Gasteiger partial charge in [0.1, 0.15) is 17.7 Å². The molecule has 16 heteroatoms. The number of para-hydroxylation sites is 1. The number of aliphatic hydroxyl groups excluding tert-OH is 1. The average Bonchev–Trinajstić information content (AvgIpc) is 3.52. The Labute approximate surface area is 228 Å². The minimum Gasteiger partial charge on any atom is -0.413 e. The van der Waals surface area contributed by atoms with Crippen LogP contribution in [-0.2, 0) is 28.1 Å². The minimum atomic E-state index is -4.27. The largest absolute Gasteiger partial charge is 0.459 e. The van der Waals surface area contributed by atoms with Crippen LogP contribution in [0.2, 0.25) is 0 Å². The molecule has 2 saturated heterocycles. The molecule has 13 nitrogen and oxygen atoms in total. The molecule has 0 saturated carbocycles. The van der Waals surface area contributed by atoms with E-state index in [0.29, 0.717) is 24.2 Å². The van der Waals surface area contributed by atoms with Crippen molar-refractivity contribution in [2.45, 2.75) is 63.4 Å². The zero-order valence-electron chi connectivity index (χ0n) is 21.8. The molecule has 3 N–H and O–H groups in total. The molecule has 0 bridgehead atoms. The lowest BCUT2D eigenvalue weighted by atomic mass is 10.1. The molecular weight excluding hydrogens is 557 g/mol. The van der Waals surface area contributed by atoms with E-state index in [1.165, 1.54) is 12.1 Å². The summed E-state index contributed by atoms with van der Waals surface area (Å²) in [6, 6.07) is 8.48. The van der Waals surface area contributed by atoms with E-state index in [0.717, 1.165) is 12.3 Å². The fourth-order valence-corrected chi connectivity index (χ4v) is 5.60. The maximum atomic E-state index is 15.1. The third kappa shape index (κ3) is 7.10. The number of aromatic nitrogens is 2. The molecule has 40 heavy (non-hydrogen) atoms. The van der Waals surface area contributed by atoms with Gasteiger partial charge in [-0.15, -0.1) is 0 Å². The highest BCUT2D eigenvalue weighted by molar-refractivity contribution is 7.52. The number of amides is 1. The first kappa shape index (κ1) is 30.2. The molecule has 1 amide bonds. The normalized spacial score (nSPS) is 24.9. The molecule has 3 heterocycles. The average molecular weight is 589 g/mol. The molecule has 1 aromatic heterocycles. The van der Waals surface area contributed by atoms with Gasteiger partial charge in [0, 0.05) is 12.6 Å². The van der Waals surface area contributed by atoms with Crippen molar-refractivity contribution in [2.75, 3.05) is 25.1 Å². The van der Waals surface area contributed by atoms with Crippen molar-refractivity contribution in [3.05, 3.63) is 53.1 Å². The maximum Gasteiger partial charge on any atom is 0.459 e. The zero-order valence-corrected chi connectivity index (χ0v) is 22.7. The molecule has 0 spiro atoms. The topological polar surface area (TPSA) is 159 Å². The van der Waals surface area contributed by atoms with E-state index in [-0.39, 0.29) is 18.0 Å². The van der Waals surface area contributed by atoms with Crippen molar-refractivity contribution in [1.29, 1.82) is 0 Å². The van der Waals surface area contributed by atoms with Crippen LogP contribution in [0.1, 0.15) is 32.9 Å². The monoisotopic (exact) mass is 588 g/mol. The standard InChI is InChI=1S/C24H31F2N4O9P/c1-3-7-19(31)27-18-10-11-30(23(33)28-18)22-24(25,26)20(32)17(38-22)14-37-40(34,39-16-8-5-4-6-9-16)29-15(2)21-35-12-13-36-21/h4-6,8-11,15,17,20-22,32H,3,7,12-14H2,1-2H3,(H,29,34)(H,27,28,31,33)/t15-,17+,20+,22+,40-/m0/s1.